The number of methoxy groups -OCH3 is 1. The fourth-order valence-corrected chi connectivity index (χ4v) is 5.25. The van der Waals surface area contributed by atoms with E-state index in [1.54, 1.807) is 24.1 Å². The molecule has 0 radical (unpaired) electrons. The zero-order valence-electron chi connectivity index (χ0n) is 16.1. The van der Waals surface area contributed by atoms with Gasteiger partial charge < -0.3 is 9.64 Å². The molecule has 0 aromatic heterocycles. The van der Waals surface area contributed by atoms with Gasteiger partial charge in [-0.1, -0.05) is 24.3 Å². The SMILES string of the molecule is CO[C@@H](CNS(=O)(=O)c1cc2c3c(c1)CCN3C(=O)CC2)c1ccccc1C. The average Bonchev–Trinajstić information content (AvgIpc) is 3.12. The van der Waals surface area contributed by atoms with Gasteiger partial charge in [0.2, 0.25) is 15.9 Å². The van der Waals surface area contributed by atoms with E-state index in [-0.39, 0.29) is 23.5 Å². The Morgan fingerprint density at radius 1 is 1.14 bits per heavy atom. The van der Waals surface area contributed by atoms with Crippen molar-refractivity contribution in [1.29, 1.82) is 0 Å². The summed E-state index contributed by atoms with van der Waals surface area (Å²) in [5, 5.41) is 0. The summed E-state index contributed by atoms with van der Waals surface area (Å²) in [5.74, 6) is 0.126. The topological polar surface area (TPSA) is 75.7 Å². The van der Waals surface area contributed by atoms with Gasteiger partial charge in [0, 0.05) is 26.6 Å². The van der Waals surface area contributed by atoms with Crippen molar-refractivity contribution in [2.24, 2.45) is 0 Å². The van der Waals surface area contributed by atoms with E-state index in [4.69, 9.17) is 4.74 Å². The Kier molecular flexibility index (Phi) is 4.99. The smallest absolute Gasteiger partial charge is 0.240 e. The Morgan fingerprint density at radius 2 is 1.86 bits per heavy atom. The Balaban J connectivity index is 1.58. The van der Waals surface area contributed by atoms with E-state index in [0.29, 0.717) is 25.8 Å². The molecular weight excluding hydrogens is 376 g/mol. The van der Waals surface area contributed by atoms with Gasteiger partial charge in [0.25, 0.3) is 0 Å². The van der Waals surface area contributed by atoms with E-state index >= 15 is 0 Å². The van der Waals surface area contributed by atoms with Crippen LogP contribution in [0.5, 0.6) is 0 Å². The lowest BCUT2D eigenvalue weighted by Gasteiger charge is -2.26. The first-order chi connectivity index (χ1) is 13.4. The molecule has 2 aromatic carbocycles. The summed E-state index contributed by atoms with van der Waals surface area (Å²) in [6.07, 6.45) is 1.35. The second-order valence-corrected chi connectivity index (χ2v) is 9.09. The molecule has 148 valence electrons. The van der Waals surface area contributed by atoms with Crippen LogP contribution in [0.25, 0.3) is 0 Å². The predicted octanol–water partition coefficient (Wildman–Crippen LogP) is 2.50. The van der Waals surface area contributed by atoms with Gasteiger partial charge in [-0.05, 0) is 54.2 Å². The van der Waals surface area contributed by atoms with Crippen LogP contribution < -0.4 is 9.62 Å². The van der Waals surface area contributed by atoms with E-state index in [9.17, 15) is 13.2 Å². The van der Waals surface area contributed by atoms with Gasteiger partial charge in [-0.25, -0.2) is 13.1 Å². The molecule has 6 nitrogen and oxygen atoms in total. The van der Waals surface area contributed by atoms with Crippen LogP contribution >= 0.6 is 0 Å². The lowest BCUT2D eigenvalue weighted by Crippen LogP contribution is -2.33. The highest BCUT2D eigenvalue weighted by Crippen LogP contribution is 2.38. The quantitative estimate of drug-likeness (QED) is 0.808. The van der Waals surface area contributed by atoms with E-state index in [1.807, 2.05) is 31.2 Å². The van der Waals surface area contributed by atoms with Crippen LogP contribution in [-0.2, 0) is 32.4 Å². The molecule has 1 atom stereocenters. The van der Waals surface area contributed by atoms with E-state index < -0.39 is 10.0 Å². The highest BCUT2D eigenvalue weighted by molar-refractivity contribution is 7.89. The molecule has 4 rings (SSSR count). The molecule has 2 aliphatic heterocycles. The standard InChI is InChI=1S/C21H24N2O4S/c1-14-5-3-4-6-18(14)19(27-2)13-22-28(25,26)17-11-15-7-8-20(24)23-10-9-16(12-17)21(15)23/h3-6,11-12,19,22H,7-10,13H2,1-2H3/t19-/m0/s1. The second kappa shape index (κ2) is 7.31. The van der Waals surface area contributed by atoms with Crippen LogP contribution in [0.1, 0.15) is 34.8 Å². The summed E-state index contributed by atoms with van der Waals surface area (Å²) in [7, 11) is -2.10. The van der Waals surface area contributed by atoms with Gasteiger partial charge in [0.15, 0.2) is 0 Å². The zero-order valence-corrected chi connectivity index (χ0v) is 16.9. The highest BCUT2D eigenvalue weighted by Gasteiger charge is 2.33. The van der Waals surface area contributed by atoms with Gasteiger partial charge >= 0.3 is 0 Å². The summed E-state index contributed by atoms with van der Waals surface area (Å²) in [6, 6.07) is 11.2. The van der Waals surface area contributed by atoms with Gasteiger partial charge in [-0.3, -0.25) is 4.79 Å². The van der Waals surface area contributed by atoms with Crippen LogP contribution in [0.2, 0.25) is 0 Å². The first-order valence-corrected chi connectivity index (χ1v) is 10.9. The minimum absolute atomic E-state index is 0.126. The number of nitrogens with zero attached hydrogens (tertiary/aromatic N) is 1. The Morgan fingerprint density at radius 3 is 2.57 bits per heavy atom. The molecule has 1 N–H and O–H groups in total. The van der Waals surface area contributed by atoms with Crippen molar-refractivity contribution in [3.05, 3.63) is 58.7 Å². The van der Waals surface area contributed by atoms with Gasteiger partial charge in [-0.15, -0.1) is 0 Å². The van der Waals surface area contributed by atoms with Crippen LogP contribution in [0.15, 0.2) is 41.3 Å². The number of hydrogen-bond donors (Lipinski definition) is 1. The van der Waals surface area contributed by atoms with Crippen molar-refractivity contribution in [1.82, 2.24) is 4.72 Å². The average molecular weight is 401 g/mol. The molecule has 2 heterocycles. The molecule has 0 unspecified atom stereocenters. The number of rotatable bonds is 6. The molecule has 7 heteroatoms. The molecule has 0 saturated carbocycles. The first-order valence-electron chi connectivity index (χ1n) is 9.45. The number of ether oxygens (including phenoxy) is 1. The minimum atomic E-state index is -3.68. The molecule has 0 saturated heterocycles. The lowest BCUT2D eigenvalue weighted by atomic mass is 10.00. The van der Waals surface area contributed by atoms with Crippen molar-refractivity contribution in [3.8, 4) is 0 Å². The third kappa shape index (κ3) is 3.34. The first kappa shape index (κ1) is 19.1. The normalized spacial score (nSPS) is 16.9. The lowest BCUT2D eigenvalue weighted by molar-refractivity contribution is -0.118. The maximum absolute atomic E-state index is 13.0. The molecule has 2 aliphatic rings. The Hall–Kier alpha value is -2.22. The summed E-state index contributed by atoms with van der Waals surface area (Å²) in [6.45, 7) is 2.77. The van der Waals surface area contributed by atoms with Crippen molar-refractivity contribution in [2.75, 3.05) is 25.1 Å². The van der Waals surface area contributed by atoms with Gasteiger partial charge in [-0.2, -0.15) is 0 Å². The molecule has 0 spiro atoms. The van der Waals surface area contributed by atoms with Gasteiger partial charge in [0.05, 0.1) is 16.7 Å². The van der Waals surface area contributed by atoms with E-state index in [1.165, 1.54) is 0 Å². The third-order valence-electron chi connectivity index (χ3n) is 5.61. The number of nitrogens with one attached hydrogen (secondary N) is 1. The maximum atomic E-state index is 13.0. The molecule has 0 bridgehead atoms. The van der Waals surface area contributed by atoms with E-state index in [2.05, 4.69) is 4.72 Å². The van der Waals surface area contributed by atoms with Gasteiger partial charge in [0.1, 0.15) is 0 Å². The van der Waals surface area contributed by atoms with Crippen LogP contribution in [-0.4, -0.2) is 34.5 Å². The molecular formula is C21H24N2O4S. The summed E-state index contributed by atoms with van der Waals surface area (Å²) in [5.41, 5.74) is 4.82. The summed E-state index contributed by atoms with van der Waals surface area (Å²) >= 11 is 0. The van der Waals surface area contributed by atoms with Crippen LogP contribution in [0.4, 0.5) is 5.69 Å². The number of hydrogen-bond acceptors (Lipinski definition) is 4. The number of carbonyl (C=O) groups is 1. The predicted molar refractivity (Wildman–Crippen MR) is 107 cm³/mol. The number of benzene rings is 2. The molecule has 0 aliphatic carbocycles. The Bertz CT molecular complexity index is 1030. The highest BCUT2D eigenvalue weighted by atomic mass is 32.2. The van der Waals surface area contributed by atoms with Crippen molar-refractivity contribution < 1.29 is 17.9 Å². The fraction of sp³-hybridized carbons (Fsp3) is 0.381. The molecule has 0 fully saturated rings. The number of amides is 1. The van der Waals surface area contributed by atoms with E-state index in [0.717, 1.165) is 27.9 Å². The minimum Gasteiger partial charge on any atom is -0.375 e. The fourth-order valence-electron chi connectivity index (χ4n) is 4.12. The second-order valence-electron chi connectivity index (χ2n) is 7.32. The van der Waals surface area contributed by atoms with Crippen molar-refractivity contribution in [2.45, 2.75) is 37.2 Å². The molecule has 2 aromatic rings. The maximum Gasteiger partial charge on any atom is 0.240 e. The summed E-state index contributed by atoms with van der Waals surface area (Å²) < 4.78 is 34.1. The number of sulfonamides is 1. The molecule has 1 amide bonds. The third-order valence-corrected chi connectivity index (χ3v) is 7.02. The summed E-state index contributed by atoms with van der Waals surface area (Å²) in [4.78, 5) is 14.1. The largest absolute Gasteiger partial charge is 0.375 e. The number of anilines is 1. The van der Waals surface area contributed by atoms with Crippen LogP contribution in [0, 0.1) is 6.92 Å². The van der Waals surface area contributed by atoms with Crippen LogP contribution in [0.3, 0.4) is 0 Å². The molecule has 28 heavy (non-hydrogen) atoms. The monoisotopic (exact) mass is 400 g/mol. The Labute approximate surface area is 165 Å². The van der Waals surface area contributed by atoms with Crippen molar-refractivity contribution in [3.63, 3.8) is 0 Å². The number of aryl methyl sites for hydroxylation is 2. The zero-order chi connectivity index (χ0) is 19.9. The van der Waals surface area contributed by atoms with Crippen molar-refractivity contribution >= 4 is 21.6 Å². The number of carbonyl (C=O) groups excluding carboxylic acids is 1.